The van der Waals surface area contributed by atoms with Crippen LogP contribution in [0.1, 0.15) is 27.7 Å². The van der Waals surface area contributed by atoms with Gasteiger partial charge in [0.1, 0.15) is 5.58 Å². The molecule has 0 bridgehead atoms. The number of amides is 1. The summed E-state index contributed by atoms with van der Waals surface area (Å²) < 4.78 is 17.0. The van der Waals surface area contributed by atoms with Crippen LogP contribution in [0.3, 0.4) is 0 Å². The number of carbonyl (C=O) groups excluding carboxylic acids is 1. The van der Waals surface area contributed by atoms with Crippen LogP contribution in [-0.2, 0) is 0 Å². The molecule has 132 valence electrons. The minimum absolute atomic E-state index is 0.0459. The molecule has 1 atom stereocenters. The summed E-state index contributed by atoms with van der Waals surface area (Å²) in [6.45, 7) is 0. The Kier molecular flexibility index (Phi) is 3.96. The van der Waals surface area contributed by atoms with Crippen LogP contribution in [-0.4, -0.2) is 20.1 Å². The van der Waals surface area contributed by atoms with Crippen molar-refractivity contribution in [2.24, 2.45) is 0 Å². The van der Waals surface area contributed by atoms with Crippen LogP contribution in [0.4, 0.5) is 0 Å². The van der Waals surface area contributed by atoms with Gasteiger partial charge in [-0.05, 0) is 35.9 Å². The van der Waals surface area contributed by atoms with Crippen molar-refractivity contribution in [2.45, 2.75) is 6.04 Å². The Hall–Kier alpha value is -2.80. The molecule has 2 heterocycles. The summed E-state index contributed by atoms with van der Waals surface area (Å²) in [5.41, 5.74) is 1.14. The second-order valence-corrected chi connectivity index (χ2v) is 6.75. The molecule has 1 aliphatic rings. The van der Waals surface area contributed by atoms with Gasteiger partial charge in [-0.3, -0.25) is 9.59 Å². The molecule has 1 N–H and O–H groups in total. The third-order valence-electron chi connectivity index (χ3n) is 4.40. The second kappa shape index (κ2) is 6.17. The first kappa shape index (κ1) is 16.7. The largest absolute Gasteiger partial charge is 0.493 e. The average Bonchev–Trinajstić information content (AvgIpc) is 2.99. The summed E-state index contributed by atoms with van der Waals surface area (Å²) in [5, 5.41) is 3.23. The van der Waals surface area contributed by atoms with Gasteiger partial charge >= 0.3 is 0 Å². The summed E-state index contributed by atoms with van der Waals surface area (Å²) in [4.78, 5) is 25.4. The molecule has 1 unspecified atom stereocenters. The third kappa shape index (κ3) is 2.47. The smallest absolute Gasteiger partial charge is 0.288 e. The molecule has 1 amide bonds. The molecule has 2 aromatic carbocycles. The molecule has 4 rings (SSSR count). The van der Waals surface area contributed by atoms with Crippen molar-refractivity contribution in [3.05, 3.63) is 68.0 Å². The van der Waals surface area contributed by atoms with Gasteiger partial charge in [-0.25, -0.2) is 0 Å². The van der Waals surface area contributed by atoms with E-state index in [0.717, 1.165) is 4.47 Å². The molecular weight excluding hydrogens is 402 g/mol. The normalized spacial score (nSPS) is 15.7. The van der Waals surface area contributed by atoms with Crippen molar-refractivity contribution < 1.29 is 18.7 Å². The van der Waals surface area contributed by atoms with Crippen LogP contribution in [0.5, 0.6) is 11.5 Å². The number of fused-ring (bicyclic) bond motifs is 2. The molecule has 0 radical (unpaired) electrons. The molecule has 3 aromatic rings. The minimum Gasteiger partial charge on any atom is -0.493 e. The number of rotatable bonds is 3. The monoisotopic (exact) mass is 415 g/mol. The van der Waals surface area contributed by atoms with E-state index < -0.39 is 11.9 Å². The number of benzene rings is 2. The van der Waals surface area contributed by atoms with Gasteiger partial charge in [0.05, 0.1) is 31.2 Å². The quantitative estimate of drug-likeness (QED) is 0.708. The van der Waals surface area contributed by atoms with Gasteiger partial charge in [0.15, 0.2) is 16.9 Å². The van der Waals surface area contributed by atoms with E-state index in [1.54, 1.807) is 43.5 Å². The Bertz CT molecular complexity index is 1110. The Balaban J connectivity index is 1.93. The fourth-order valence-electron chi connectivity index (χ4n) is 3.16. The van der Waals surface area contributed by atoms with E-state index in [0.29, 0.717) is 33.6 Å². The highest BCUT2D eigenvalue weighted by molar-refractivity contribution is 9.10. The summed E-state index contributed by atoms with van der Waals surface area (Å²) in [5.74, 6) is 0.710. The van der Waals surface area contributed by atoms with Crippen LogP contribution >= 0.6 is 15.9 Å². The van der Waals surface area contributed by atoms with Crippen LogP contribution in [0.2, 0.25) is 0 Å². The highest BCUT2D eigenvalue weighted by atomic mass is 79.9. The van der Waals surface area contributed by atoms with Crippen molar-refractivity contribution in [3.63, 3.8) is 0 Å². The van der Waals surface area contributed by atoms with E-state index in [-0.39, 0.29) is 11.2 Å². The Morgan fingerprint density at radius 2 is 1.81 bits per heavy atom. The van der Waals surface area contributed by atoms with E-state index in [9.17, 15) is 9.59 Å². The van der Waals surface area contributed by atoms with Gasteiger partial charge in [-0.2, -0.15) is 0 Å². The number of halogens is 1. The standard InChI is InChI=1S/C19H14BrNO5/c1-24-13-5-3-9(7-14(13)25-2)16-15-17(22)11-8-10(20)4-6-12(11)26-18(15)19(23)21-16/h3-8,16H,1-2H3,(H,21,23). The van der Waals surface area contributed by atoms with Gasteiger partial charge in [0.25, 0.3) is 5.91 Å². The topological polar surface area (TPSA) is 77.8 Å². The zero-order chi connectivity index (χ0) is 18.4. The van der Waals surface area contributed by atoms with E-state index in [4.69, 9.17) is 13.9 Å². The lowest BCUT2D eigenvalue weighted by Gasteiger charge is -2.14. The minimum atomic E-state index is -0.614. The second-order valence-electron chi connectivity index (χ2n) is 5.84. The summed E-state index contributed by atoms with van der Waals surface area (Å²) in [6, 6.07) is 9.76. The lowest BCUT2D eigenvalue weighted by atomic mass is 9.99. The van der Waals surface area contributed by atoms with Crippen molar-refractivity contribution in [1.82, 2.24) is 5.32 Å². The zero-order valence-electron chi connectivity index (χ0n) is 14.0. The fraction of sp³-hybridized carbons (Fsp3) is 0.158. The van der Waals surface area contributed by atoms with E-state index in [2.05, 4.69) is 21.2 Å². The lowest BCUT2D eigenvalue weighted by molar-refractivity contribution is 0.0938. The zero-order valence-corrected chi connectivity index (χ0v) is 15.5. The van der Waals surface area contributed by atoms with E-state index in [1.807, 2.05) is 0 Å². The van der Waals surface area contributed by atoms with Gasteiger partial charge in [0.2, 0.25) is 5.76 Å². The Labute approximate surface area is 156 Å². The van der Waals surface area contributed by atoms with E-state index >= 15 is 0 Å². The van der Waals surface area contributed by atoms with Crippen LogP contribution < -0.4 is 20.2 Å². The molecule has 26 heavy (non-hydrogen) atoms. The maximum atomic E-state index is 13.1. The molecule has 0 spiro atoms. The van der Waals surface area contributed by atoms with Gasteiger partial charge in [0, 0.05) is 4.47 Å². The SMILES string of the molecule is COc1ccc(C2NC(=O)c3oc4ccc(Br)cc4c(=O)c32)cc1OC. The first-order valence-corrected chi connectivity index (χ1v) is 8.62. The van der Waals surface area contributed by atoms with Crippen LogP contribution in [0.25, 0.3) is 11.0 Å². The molecule has 6 nitrogen and oxygen atoms in total. The lowest BCUT2D eigenvalue weighted by Crippen LogP contribution is -2.22. The van der Waals surface area contributed by atoms with Crippen molar-refractivity contribution >= 4 is 32.8 Å². The summed E-state index contributed by atoms with van der Waals surface area (Å²) >= 11 is 3.36. The Morgan fingerprint density at radius 3 is 2.54 bits per heavy atom. The summed E-state index contributed by atoms with van der Waals surface area (Å²) in [6.07, 6.45) is 0. The highest BCUT2D eigenvalue weighted by Crippen LogP contribution is 2.35. The maximum Gasteiger partial charge on any atom is 0.288 e. The average molecular weight is 416 g/mol. The first-order chi connectivity index (χ1) is 12.5. The number of nitrogens with one attached hydrogen (secondary N) is 1. The molecule has 7 heteroatoms. The number of ether oxygens (including phenoxy) is 2. The van der Waals surface area contributed by atoms with Crippen molar-refractivity contribution in [1.29, 1.82) is 0 Å². The van der Waals surface area contributed by atoms with Gasteiger partial charge in [-0.1, -0.05) is 22.0 Å². The Morgan fingerprint density at radius 1 is 1.04 bits per heavy atom. The first-order valence-electron chi connectivity index (χ1n) is 7.82. The molecule has 0 saturated heterocycles. The van der Waals surface area contributed by atoms with Gasteiger partial charge < -0.3 is 19.2 Å². The molecule has 1 aliphatic heterocycles. The van der Waals surface area contributed by atoms with Crippen molar-refractivity contribution in [3.8, 4) is 11.5 Å². The van der Waals surface area contributed by atoms with Crippen molar-refractivity contribution in [2.75, 3.05) is 14.2 Å². The molecule has 0 fully saturated rings. The summed E-state index contributed by atoms with van der Waals surface area (Å²) in [7, 11) is 3.07. The number of carbonyl (C=O) groups is 1. The van der Waals surface area contributed by atoms with E-state index in [1.165, 1.54) is 7.11 Å². The number of hydrogen-bond acceptors (Lipinski definition) is 5. The molecular formula is C19H14BrNO5. The predicted octanol–water partition coefficient (Wildman–Crippen LogP) is 3.41. The van der Waals surface area contributed by atoms with Crippen LogP contribution in [0.15, 0.2) is 50.1 Å². The maximum absolute atomic E-state index is 13.1. The fourth-order valence-corrected chi connectivity index (χ4v) is 3.52. The number of methoxy groups -OCH3 is 2. The van der Waals surface area contributed by atoms with Gasteiger partial charge in [-0.15, -0.1) is 0 Å². The predicted molar refractivity (Wildman–Crippen MR) is 99.0 cm³/mol. The number of hydrogen-bond donors (Lipinski definition) is 1. The third-order valence-corrected chi connectivity index (χ3v) is 4.89. The molecule has 1 aromatic heterocycles. The molecule has 0 saturated carbocycles. The van der Waals surface area contributed by atoms with Crippen LogP contribution in [0, 0.1) is 0 Å². The molecule has 0 aliphatic carbocycles. The highest BCUT2D eigenvalue weighted by Gasteiger charge is 2.36.